The van der Waals surface area contributed by atoms with Gasteiger partial charge in [0.1, 0.15) is 36.8 Å². The topological polar surface area (TPSA) is 134 Å². The molecule has 8 nitrogen and oxygen atoms in total. The van der Waals surface area contributed by atoms with E-state index in [-0.39, 0.29) is 17.1 Å². The zero-order chi connectivity index (χ0) is 18.3. The van der Waals surface area contributed by atoms with E-state index in [0.29, 0.717) is 5.02 Å². The molecule has 1 aromatic rings. The fourth-order valence-corrected chi connectivity index (χ4v) is 2.02. The molecule has 0 aliphatic heterocycles. The van der Waals surface area contributed by atoms with Crippen molar-refractivity contribution < 1.29 is 39.5 Å². The summed E-state index contributed by atoms with van der Waals surface area (Å²) < 4.78 is 9.75. The van der Waals surface area contributed by atoms with Crippen molar-refractivity contribution in [2.75, 3.05) is 13.2 Å². The van der Waals surface area contributed by atoms with Crippen molar-refractivity contribution in [2.45, 2.75) is 24.4 Å². The summed E-state index contributed by atoms with van der Waals surface area (Å²) in [5.41, 5.74) is 0. The quantitative estimate of drug-likeness (QED) is 0.333. The van der Waals surface area contributed by atoms with Crippen molar-refractivity contribution in [3.63, 3.8) is 0 Å². The Balaban J connectivity index is 2.41. The van der Waals surface area contributed by atoms with Crippen LogP contribution in [0.2, 0.25) is 10.0 Å². The third-order valence-electron chi connectivity index (χ3n) is 2.89. The molecule has 0 aromatic heterocycles. The molecule has 0 saturated heterocycles. The van der Waals surface area contributed by atoms with Crippen LogP contribution >= 0.6 is 23.2 Å². The van der Waals surface area contributed by atoms with Gasteiger partial charge in [-0.05, 0) is 18.2 Å². The van der Waals surface area contributed by atoms with Crippen molar-refractivity contribution in [3.8, 4) is 5.75 Å². The second kappa shape index (κ2) is 9.77. The Morgan fingerprint density at radius 2 is 1.83 bits per heavy atom. The summed E-state index contributed by atoms with van der Waals surface area (Å²) in [6.45, 7) is -1.20. The molecule has 24 heavy (non-hydrogen) atoms. The minimum absolute atomic E-state index is 0.00366. The van der Waals surface area contributed by atoms with Crippen LogP contribution in [-0.4, -0.2) is 70.3 Å². The Morgan fingerprint density at radius 3 is 2.42 bits per heavy atom. The van der Waals surface area contributed by atoms with Gasteiger partial charge >= 0.3 is 5.97 Å². The molecule has 0 radical (unpaired) electrons. The lowest BCUT2D eigenvalue weighted by molar-refractivity contribution is -0.158. The number of aliphatic hydroxyl groups is 4. The molecule has 0 fully saturated rings. The van der Waals surface area contributed by atoms with Crippen LogP contribution in [0.3, 0.4) is 0 Å². The Labute approximate surface area is 147 Å². The second-order valence-electron chi connectivity index (χ2n) is 4.72. The summed E-state index contributed by atoms with van der Waals surface area (Å²) in [7, 11) is 0. The highest BCUT2D eigenvalue weighted by molar-refractivity contribution is 6.35. The zero-order valence-electron chi connectivity index (χ0n) is 12.2. The average Bonchev–Trinajstić information content (AvgIpc) is 2.56. The number of ether oxygens (including phenoxy) is 2. The molecule has 0 unspecified atom stereocenters. The maximum Gasteiger partial charge on any atom is 0.344 e. The highest BCUT2D eigenvalue weighted by atomic mass is 35.5. The van der Waals surface area contributed by atoms with Gasteiger partial charge in [-0.2, -0.15) is 0 Å². The molecule has 134 valence electrons. The van der Waals surface area contributed by atoms with Gasteiger partial charge in [0.25, 0.3) is 0 Å². The lowest BCUT2D eigenvalue weighted by Crippen LogP contribution is -2.47. The number of carbonyl (C=O) groups excluding carboxylic acids is 2. The van der Waals surface area contributed by atoms with Gasteiger partial charge in [0.05, 0.1) is 5.02 Å². The molecule has 0 aliphatic rings. The third kappa shape index (κ3) is 6.23. The molecule has 0 saturated carbocycles. The van der Waals surface area contributed by atoms with Crippen LogP contribution in [0.5, 0.6) is 5.75 Å². The predicted molar refractivity (Wildman–Crippen MR) is 83.0 cm³/mol. The Bertz CT molecular complexity index is 568. The molecule has 1 rings (SSSR count). The van der Waals surface area contributed by atoms with E-state index in [1.165, 1.54) is 18.2 Å². The fraction of sp³-hybridized carbons (Fsp3) is 0.429. The van der Waals surface area contributed by atoms with Crippen molar-refractivity contribution >= 4 is 35.5 Å². The molecule has 0 aliphatic carbocycles. The van der Waals surface area contributed by atoms with Gasteiger partial charge in [0, 0.05) is 5.02 Å². The van der Waals surface area contributed by atoms with Gasteiger partial charge in [-0.25, -0.2) is 4.79 Å². The van der Waals surface area contributed by atoms with Crippen LogP contribution in [0.25, 0.3) is 0 Å². The Hall–Kier alpha value is -1.42. The van der Waals surface area contributed by atoms with Crippen molar-refractivity contribution in [1.29, 1.82) is 0 Å². The number of benzene rings is 1. The smallest absolute Gasteiger partial charge is 0.344 e. The second-order valence-corrected chi connectivity index (χ2v) is 5.57. The third-order valence-corrected chi connectivity index (χ3v) is 3.42. The van der Waals surface area contributed by atoms with Crippen molar-refractivity contribution in [2.24, 2.45) is 0 Å². The number of halogens is 2. The molecule has 0 spiro atoms. The minimum atomic E-state index is -1.92. The summed E-state index contributed by atoms with van der Waals surface area (Å²) >= 11 is 11.6. The number of hydrogen-bond donors (Lipinski definition) is 4. The van der Waals surface area contributed by atoms with E-state index < -0.39 is 43.6 Å². The van der Waals surface area contributed by atoms with Crippen LogP contribution in [0.4, 0.5) is 0 Å². The molecule has 0 heterocycles. The summed E-state index contributed by atoms with van der Waals surface area (Å²) in [6.07, 6.45) is -7.39. The Kier molecular flexibility index (Phi) is 8.40. The summed E-state index contributed by atoms with van der Waals surface area (Å²) in [6, 6.07) is 4.38. The van der Waals surface area contributed by atoms with Crippen LogP contribution in [0, 0.1) is 0 Å². The molecule has 4 atom stereocenters. The summed E-state index contributed by atoms with van der Waals surface area (Å²) in [4.78, 5) is 21.8. The summed E-state index contributed by atoms with van der Waals surface area (Å²) in [5.74, 6) is -0.680. The maximum absolute atomic E-state index is 11.5. The van der Waals surface area contributed by atoms with E-state index in [4.69, 9.17) is 33.0 Å². The first-order valence-electron chi connectivity index (χ1n) is 6.67. The number of rotatable bonds is 9. The molecule has 0 amide bonds. The number of hydrogen-bond acceptors (Lipinski definition) is 8. The van der Waals surface area contributed by atoms with Crippen LogP contribution in [0.15, 0.2) is 18.2 Å². The van der Waals surface area contributed by atoms with Crippen molar-refractivity contribution in [3.05, 3.63) is 28.2 Å². The first-order chi connectivity index (χ1) is 11.3. The van der Waals surface area contributed by atoms with E-state index in [2.05, 4.69) is 4.74 Å². The van der Waals surface area contributed by atoms with E-state index in [0.717, 1.165) is 0 Å². The first kappa shape index (κ1) is 20.6. The van der Waals surface area contributed by atoms with Gasteiger partial charge in [-0.3, -0.25) is 0 Å². The molecule has 0 bridgehead atoms. The van der Waals surface area contributed by atoms with E-state index >= 15 is 0 Å². The SMILES string of the molecule is O=C[C@H](O)[C@@H](O)[C@H](O)[C@H](O)COC(=O)COc1ccc(Cl)cc1Cl. The highest BCUT2D eigenvalue weighted by Gasteiger charge is 2.30. The fourth-order valence-electron chi connectivity index (χ4n) is 1.56. The van der Waals surface area contributed by atoms with E-state index in [1.54, 1.807) is 0 Å². The van der Waals surface area contributed by atoms with Crippen LogP contribution in [-0.2, 0) is 14.3 Å². The van der Waals surface area contributed by atoms with Gasteiger partial charge < -0.3 is 34.7 Å². The minimum Gasteiger partial charge on any atom is -0.480 e. The Morgan fingerprint density at radius 1 is 1.17 bits per heavy atom. The zero-order valence-corrected chi connectivity index (χ0v) is 13.7. The normalized spacial score (nSPS) is 15.9. The van der Waals surface area contributed by atoms with Gasteiger partial charge in [0.2, 0.25) is 0 Å². The highest BCUT2D eigenvalue weighted by Crippen LogP contribution is 2.27. The summed E-state index contributed by atoms with van der Waals surface area (Å²) in [5, 5.41) is 38.0. The number of aldehydes is 1. The van der Waals surface area contributed by atoms with E-state index in [9.17, 15) is 24.9 Å². The number of carbonyl (C=O) groups is 2. The molecule has 10 heteroatoms. The predicted octanol–water partition coefficient (Wildman–Crippen LogP) is -0.442. The molecular weight excluding hydrogens is 367 g/mol. The van der Waals surface area contributed by atoms with Gasteiger partial charge in [0.15, 0.2) is 12.9 Å². The maximum atomic E-state index is 11.5. The number of esters is 1. The largest absolute Gasteiger partial charge is 0.480 e. The molecular formula is C14H16Cl2O8. The lowest BCUT2D eigenvalue weighted by Gasteiger charge is -2.23. The van der Waals surface area contributed by atoms with Gasteiger partial charge in [-0.15, -0.1) is 0 Å². The lowest BCUT2D eigenvalue weighted by atomic mass is 10.0. The molecule has 4 N–H and O–H groups in total. The van der Waals surface area contributed by atoms with Crippen LogP contribution in [0.1, 0.15) is 0 Å². The monoisotopic (exact) mass is 382 g/mol. The average molecular weight is 383 g/mol. The van der Waals surface area contributed by atoms with Crippen LogP contribution < -0.4 is 4.74 Å². The van der Waals surface area contributed by atoms with Crippen molar-refractivity contribution in [1.82, 2.24) is 0 Å². The standard InChI is InChI=1S/C14H16Cl2O8/c15-7-1-2-11(8(16)3-7)23-6-12(20)24-5-10(19)14(22)13(21)9(18)4-17/h1-4,9-10,13-14,18-19,21-22H,5-6H2/t9-,10+,13+,14+/m0/s1. The van der Waals surface area contributed by atoms with E-state index in [1.807, 2.05) is 0 Å². The van der Waals surface area contributed by atoms with Gasteiger partial charge in [-0.1, -0.05) is 23.2 Å². The molecule has 1 aromatic carbocycles. The first-order valence-corrected chi connectivity index (χ1v) is 7.43. The number of aliphatic hydroxyl groups excluding tert-OH is 4.